The van der Waals surface area contributed by atoms with Crippen molar-refractivity contribution in [2.45, 2.75) is 90.0 Å². The highest BCUT2D eigenvalue weighted by Crippen LogP contribution is 2.48. The maximum absolute atomic E-state index is 12.1. The highest BCUT2D eigenvalue weighted by atomic mass is 32.1. The van der Waals surface area contributed by atoms with Gasteiger partial charge in [-0.1, -0.05) is 39.0 Å². The van der Waals surface area contributed by atoms with Crippen LogP contribution in [0.15, 0.2) is 48.1 Å². The van der Waals surface area contributed by atoms with Crippen molar-refractivity contribution in [3.05, 3.63) is 64.8 Å². The first-order valence-electron chi connectivity index (χ1n) is 13.9. The number of rotatable bonds is 9. The number of hydrogen-bond acceptors (Lipinski definition) is 7. The fraction of sp³-hybridized carbons (Fsp3) is 0.516. The number of carbonyl (C=O) groups excluding carboxylic acids is 1. The van der Waals surface area contributed by atoms with E-state index in [1.54, 1.807) is 17.5 Å². The van der Waals surface area contributed by atoms with E-state index in [1.807, 2.05) is 29.8 Å². The molecule has 5 rings (SSSR count). The van der Waals surface area contributed by atoms with Crippen LogP contribution in [0.2, 0.25) is 0 Å². The number of thiazole rings is 1. The van der Waals surface area contributed by atoms with E-state index in [-0.39, 0.29) is 23.0 Å². The third-order valence-electron chi connectivity index (χ3n) is 7.69. The zero-order chi connectivity index (χ0) is 27.6. The summed E-state index contributed by atoms with van der Waals surface area (Å²) in [5.41, 5.74) is 4.33. The SMILES string of the molecule is CC(=O)N[C@@H](Cc1cccc(-c2nccs2)c1)[C@H](O)CN[C@H]1CC2(CCC2)Oc2ncc(CC(C)(C)C)cc21. The first-order valence-corrected chi connectivity index (χ1v) is 14.8. The molecule has 208 valence electrons. The molecule has 0 radical (unpaired) electrons. The largest absolute Gasteiger partial charge is 0.471 e. The summed E-state index contributed by atoms with van der Waals surface area (Å²) in [5.74, 6) is 0.555. The maximum Gasteiger partial charge on any atom is 0.218 e. The molecule has 3 atom stereocenters. The molecule has 8 heteroatoms. The zero-order valence-corrected chi connectivity index (χ0v) is 24.2. The van der Waals surface area contributed by atoms with Gasteiger partial charge in [-0.15, -0.1) is 11.3 Å². The van der Waals surface area contributed by atoms with Gasteiger partial charge < -0.3 is 20.5 Å². The Hall–Kier alpha value is -2.81. The number of pyridine rings is 1. The Bertz CT molecular complexity index is 1280. The predicted octanol–water partition coefficient (Wildman–Crippen LogP) is 5.24. The van der Waals surface area contributed by atoms with Gasteiger partial charge in [-0.2, -0.15) is 0 Å². The second-order valence-electron chi connectivity index (χ2n) is 12.4. The van der Waals surface area contributed by atoms with E-state index < -0.39 is 12.1 Å². The van der Waals surface area contributed by atoms with E-state index in [0.29, 0.717) is 18.8 Å². The van der Waals surface area contributed by atoms with Gasteiger partial charge in [-0.05, 0) is 60.8 Å². The second-order valence-corrected chi connectivity index (χ2v) is 13.3. The van der Waals surface area contributed by atoms with Crippen molar-refractivity contribution in [3.63, 3.8) is 0 Å². The first-order chi connectivity index (χ1) is 18.6. The fourth-order valence-electron chi connectivity index (χ4n) is 5.75. The molecule has 0 bridgehead atoms. The average Bonchev–Trinajstić information content (AvgIpc) is 3.40. The van der Waals surface area contributed by atoms with Crippen molar-refractivity contribution >= 4 is 17.2 Å². The van der Waals surface area contributed by atoms with Crippen LogP contribution in [-0.4, -0.2) is 45.3 Å². The summed E-state index contributed by atoms with van der Waals surface area (Å²) in [4.78, 5) is 21.2. The van der Waals surface area contributed by atoms with Crippen LogP contribution >= 0.6 is 11.3 Å². The van der Waals surface area contributed by atoms with Crippen LogP contribution in [0.3, 0.4) is 0 Å². The average molecular weight is 549 g/mol. The summed E-state index contributed by atoms with van der Waals surface area (Å²) in [6.45, 7) is 8.53. The lowest BCUT2D eigenvalue weighted by Crippen LogP contribution is -2.52. The molecule has 39 heavy (non-hydrogen) atoms. The number of aromatic nitrogens is 2. The predicted molar refractivity (Wildman–Crippen MR) is 155 cm³/mol. The van der Waals surface area contributed by atoms with E-state index in [0.717, 1.165) is 53.8 Å². The number of nitrogens with one attached hydrogen (secondary N) is 2. The summed E-state index contributed by atoms with van der Waals surface area (Å²) in [7, 11) is 0. The van der Waals surface area contributed by atoms with Gasteiger partial charge in [-0.3, -0.25) is 4.79 Å². The van der Waals surface area contributed by atoms with Crippen LogP contribution in [-0.2, 0) is 17.6 Å². The lowest BCUT2D eigenvalue weighted by atomic mass is 9.73. The van der Waals surface area contributed by atoms with Crippen molar-refractivity contribution in [1.29, 1.82) is 0 Å². The van der Waals surface area contributed by atoms with Gasteiger partial charge in [0.25, 0.3) is 0 Å². The van der Waals surface area contributed by atoms with Gasteiger partial charge >= 0.3 is 0 Å². The summed E-state index contributed by atoms with van der Waals surface area (Å²) in [6.07, 6.45) is 8.50. The molecule has 0 unspecified atom stereocenters. The van der Waals surface area contributed by atoms with Crippen molar-refractivity contribution < 1.29 is 14.6 Å². The Balaban J connectivity index is 1.31. The Morgan fingerprint density at radius 2 is 2.05 bits per heavy atom. The molecule has 3 heterocycles. The molecule has 1 amide bonds. The number of aliphatic hydroxyl groups is 1. The van der Waals surface area contributed by atoms with Gasteiger partial charge in [0.05, 0.1) is 12.1 Å². The molecule has 3 N–H and O–H groups in total. The van der Waals surface area contributed by atoms with Crippen LogP contribution in [0.1, 0.15) is 76.1 Å². The molecule has 2 aliphatic rings. The molecule has 0 saturated heterocycles. The molecule has 1 aliphatic carbocycles. The molecule has 1 aliphatic heterocycles. The highest BCUT2D eigenvalue weighted by molar-refractivity contribution is 7.13. The lowest BCUT2D eigenvalue weighted by molar-refractivity contribution is -0.120. The first kappa shape index (κ1) is 27.7. The van der Waals surface area contributed by atoms with E-state index >= 15 is 0 Å². The third-order valence-corrected chi connectivity index (χ3v) is 8.51. The third kappa shape index (κ3) is 6.86. The molecule has 1 fully saturated rings. The number of nitrogens with zero attached hydrogens (tertiary/aromatic N) is 2. The van der Waals surface area contributed by atoms with Crippen molar-refractivity contribution in [3.8, 4) is 16.5 Å². The molecule has 1 aromatic carbocycles. The Kier molecular flexibility index (Phi) is 8.08. The molecule has 2 aromatic heterocycles. The van der Waals surface area contributed by atoms with Crippen LogP contribution in [0.4, 0.5) is 0 Å². The number of carbonyl (C=O) groups is 1. The monoisotopic (exact) mass is 548 g/mol. The Labute approximate surface area is 235 Å². The van der Waals surface area contributed by atoms with E-state index in [4.69, 9.17) is 9.72 Å². The van der Waals surface area contributed by atoms with Gasteiger partial charge in [0.2, 0.25) is 11.8 Å². The summed E-state index contributed by atoms with van der Waals surface area (Å²) >= 11 is 1.59. The number of fused-ring (bicyclic) bond motifs is 1. The number of benzene rings is 1. The van der Waals surface area contributed by atoms with Crippen molar-refractivity contribution in [2.75, 3.05) is 6.54 Å². The van der Waals surface area contributed by atoms with E-state index in [1.165, 1.54) is 12.5 Å². The molecular formula is C31H40N4O3S. The van der Waals surface area contributed by atoms with Gasteiger partial charge in [0.1, 0.15) is 10.6 Å². The van der Waals surface area contributed by atoms with Gasteiger partial charge in [0, 0.05) is 54.8 Å². The fourth-order valence-corrected chi connectivity index (χ4v) is 6.38. The molecular weight excluding hydrogens is 508 g/mol. The Morgan fingerprint density at radius 3 is 2.72 bits per heavy atom. The zero-order valence-electron chi connectivity index (χ0n) is 23.4. The topological polar surface area (TPSA) is 96.4 Å². The molecule has 3 aromatic rings. The minimum Gasteiger partial charge on any atom is -0.471 e. The smallest absolute Gasteiger partial charge is 0.218 e. The van der Waals surface area contributed by atoms with E-state index in [9.17, 15) is 9.90 Å². The van der Waals surface area contributed by atoms with E-state index in [2.05, 4.69) is 48.5 Å². The Morgan fingerprint density at radius 1 is 1.23 bits per heavy atom. The molecule has 1 saturated carbocycles. The summed E-state index contributed by atoms with van der Waals surface area (Å²) in [6, 6.07) is 9.98. The second kappa shape index (κ2) is 11.4. The van der Waals surface area contributed by atoms with Crippen LogP contribution in [0.25, 0.3) is 10.6 Å². The maximum atomic E-state index is 12.1. The number of aliphatic hydroxyl groups excluding tert-OH is 1. The standard InChI is InChI=1S/C31H40N4O3S/c1-20(36)35-25(15-21-7-5-8-23(13-21)29-32-11-12-39-29)27(37)19-33-26-17-31(9-6-10-31)38-28-24(26)14-22(18-34-28)16-30(2,3)4/h5,7-8,11-14,18,25-27,33,37H,6,9-10,15-17,19H2,1-4H3,(H,35,36)/t25-,26-,27+/m0/s1. The number of ether oxygens (including phenoxy) is 1. The highest BCUT2D eigenvalue weighted by Gasteiger charge is 2.46. The number of amides is 1. The molecule has 7 nitrogen and oxygen atoms in total. The quantitative estimate of drug-likeness (QED) is 0.339. The lowest BCUT2D eigenvalue weighted by Gasteiger charge is -2.47. The molecule has 1 spiro atoms. The minimum absolute atomic E-state index is 0.0299. The van der Waals surface area contributed by atoms with Gasteiger partial charge in [-0.25, -0.2) is 9.97 Å². The van der Waals surface area contributed by atoms with Crippen LogP contribution in [0, 0.1) is 5.41 Å². The van der Waals surface area contributed by atoms with Crippen molar-refractivity contribution in [1.82, 2.24) is 20.6 Å². The normalized spacial score (nSPS) is 19.5. The summed E-state index contributed by atoms with van der Waals surface area (Å²) < 4.78 is 6.42. The van der Waals surface area contributed by atoms with Crippen molar-refractivity contribution in [2.24, 2.45) is 5.41 Å². The van der Waals surface area contributed by atoms with Crippen LogP contribution in [0.5, 0.6) is 5.88 Å². The van der Waals surface area contributed by atoms with Gasteiger partial charge in [0.15, 0.2) is 0 Å². The van der Waals surface area contributed by atoms with Crippen LogP contribution < -0.4 is 15.4 Å². The summed E-state index contributed by atoms with van der Waals surface area (Å²) in [5, 5.41) is 20.9. The number of hydrogen-bond donors (Lipinski definition) is 3. The minimum atomic E-state index is -0.772.